The Morgan fingerprint density at radius 1 is 1.00 bits per heavy atom. The van der Waals surface area contributed by atoms with Crippen molar-refractivity contribution in [3.8, 4) is 0 Å². The molecule has 0 bridgehead atoms. The molecule has 0 aromatic heterocycles. The van der Waals surface area contributed by atoms with Crippen LogP contribution in [-0.4, -0.2) is 5.24 Å². The van der Waals surface area contributed by atoms with Gasteiger partial charge in [0.05, 0.1) is 10.0 Å². The Kier molecular flexibility index (Phi) is 5.17. The number of rotatable bonds is 4. The number of benzene rings is 2. The highest BCUT2D eigenvalue weighted by molar-refractivity contribution is 8.00. The van der Waals surface area contributed by atoms with Crippen molar-refractivity contribution >= 4 is 51.8 Å². The third-order valence-electron chi connectivity index (χ3n) is 2.45. The van der Waals surface area contributed by atoms with E-state index in [4.69, 9.17) is 34.8 Å². The van der Waals surface area contributed by atoms with Gasteiger partial charge in [-0.05, 0) is 35.4 Å². The third-order valence-corrected chi connectivity index (χ3v) is 4.79. The molecule has 1 unspecified atom stereocenters. The smallest absolute Gasteiger partial charge is 0.239 e. The van der Waals surface area contributed by atoms with E-state index >= 15 is 0 Å². The maximum atomic E-state index is 11.6. The average molecular weight is 332 g/mol. The summed E-state index contributed by atoms with van der Waals surface area (Å²) in [5.41, 5.74) is 0.860. The number of carbonyl (C=O) groups is 1. The predicted molar refractivity (Wildman–Crippen MR) is 82.4 cm³/mol. The highest BCUT2D eigenvalue weighted by atomic mass is 35.5. The normalized spacial score (nSPS) is 12.2. The Morgan fingerprint density at radius 2 is 1.68 bits per heavy atom. The van der Waals surface area contributed by atoms with Crippen LogP contribution >= 0.6 is 46.6 Å². The molecule has 19 heavy (non-hydrogen) atoms. The van der Waals surface area contributed by atoms with Gasteiger partial charge in [0.2, 0.25) is 5.24 Å². The Morgan fingerprint density at radius 3 is 2.26 bits per heavy atom. The zero-order chi connectivity index (χ0) is 13.8. The molecular weight excluding hydrogens is 323 g/mol. The lowest BCUT2D eigenvalue weighted by Crippen LogP contribution is -2.02. The highest BCUT2D eigenvalue weighted by Gasteiger charge is 2.20. The van der Waals surface area contributed by atoms with Gasteiger partial charge in [-0.3, -0.25) is 4.79 Å². The predicted octanol–water partition coefficient (Wildman–Crippen LogP) is 5.59. The first-order valence-electron chi connectivity index (χ1n) is 5.44. The van der Waals surface area contributed by atoms with Crippen LogP contribution in [0.1, 0.15) is 10.8 Å². The zero-order valence-corrected chi connectivity index (χ0v) is 12.7. The second kappa shape index (κ2) is 6.67. The molecule has 2 aromatic rings. The van der Waals surface area contributed by atoms with E-state index in [9.17, 15) is 4.79 Å². The number of halogens is 3. The van der Waals surface area contributed by atoms with Crippen LogP contribution in [0.4, 0.5) is 0 Å². The summed E-state index contributed by atoms with van der Waals surface area (Å²) in [4.78, 5) is 12.4. The van der Waals surface area contributed by atoms with Crippen molar-refractivity contribution in [3.63, 3.8) is 0 Å². The van der Waals surface area contributed by atoms with Crippen LogP contribution in [0, 0.1) is 0 Å². The summed E-state index contributed by atoms with van der Waals surface area (Å²) in [5, 5.41) is 0.0716. The molecule has 2 rings (SSSR count). The molecule has 0 fully saturated rings. The third kappa shape index (κ3) is 3.90. The van der Waals surface area contributed by atoms with E-state index in [1.165, 1.54) is 11.8 Å². The quantitative estimate of drug-likeness (QED) is 0.536. The Hall–Kier alpha value is -0.670. The summed E-state index contributed by atoms with van der Waals surface area (Å²) >= 11 is 18.9. The Balaban J connectivity index is 2.27. The summed E-state index contributed by atoms with van der Waals surface area (Å²) in [6.07, 6.45) is 0. The maximum absolute atomic E-state index is 11.6. The number of thioether (sulfide) groups is 1. The van der Waals surface area contributed by atoms with Crippen molar-refractivity contribution in [2.75, 3.05) is 0 Å². The van der Waals surface area contributed by atoms with Gasteiger partial charge < -0.3 is 0 Å². The molecule has 0 N–H and O–H groups in total. The molecule has 0 aliphatic rings. The lowest BCUT2D eigenvalue weighted by Gasteiger charge is -2.13. The first-order valence-corrected chi connectivity index (χ1v) is 7.45. The molecule has 98 valence electrons. The van der Waals surface area contributed by atoms with Gasteiger partial charge in [0.1, 0.15) is 5.25 Å². The number of hydrogen-bond donors (Lipinski definition) is 0. The van der Waals surface area contributed by atoms with Crippen molar-refractivity contribution in [1.82, 2.24) is 0 Å². The SMILES string of the molecule is O=C(Cl)C(Sc1ccc(Cl)c(Cl)c1)c1ccccc1. The molecule has 0 aliphatic heterocycles. The lowest BCUT2D eigenvalue weighted by atomic mass is 10.2. The van der Waals surface area contributed by atoms with Crippen LogP contribution in [0.15, 0.2) is 53.4 Å². The first-order chi connectivity index (χ1) is 9.08. The van der Waals surface area contributed by atoms with E-state index in [1.54, 1.807) is 12.1 Å². The zero-order valence-electron chi connectivity index (χ0n) is 9.65. The molecule has 1 atom stereocenters. The Labute approximate surface area is 130 Å². The van der Waals surface area contributed by atoms with E-state index in [0.717, 1.165) is 10.5 Å². The van der Waals surface area contributed by atoms with Crippen molar-refractivity contribution in [3.05, 3.63) is 64.1 Å². The van der Waals surface area contributed by atoms with Gasteiger partial charge in [-0.2, -0.15) is 0 Å². The second-order valence-corrected chi connectivity index (χ2v) is 6.15. The van der Waals surface area contributed by atoms with Gasteiger partial charge in [-0.1, -0.05) is 53.5 Å². The highest BCUT2D eigenvalue weighted by Crippen LogP contribution is 2.38. The van der Waals surface area contributed by atoms with Gasteiger partial charge in [-0.15, -0.1) is 11.8 Å². The molecule has 0 saturated carbocycles. The van der Waals surface area contributed by atoms with Crippen molar-refractivity contribution < 1.29 is 4.79 Å². The van der Waals surface area contributed by atoms with Gasteiger partial charge in [0.25, 0.3) is 0 Å². The maximum Gasteiger partial charge on any atom is 0.239 e. The number of hydrogen-bond acceptors (Lipinski definition) is 2. The Bertz CT molecular complexity index is 586. The first kappa shape index (κ1) is 14.7. The van der Waals surface area contributed by atoms with Gasteiger partial charge in [0, 0.05) is 4.90 Å². The van der Waals surface area contributed by atoms with Crippen LogP contribution in [-0.2, 0) is 4.79 Å². The van der Waals surface area contributed by atoms with Crippen molar-refractivity contribution in [1.29, 1.82) is 0 Å². The molecule has 0 spiro atoms. The fraction of sp³-hybridized carbons (Fsp3) is 0.0714. The molecule has 0 saturated heterocycles. The van der Waals surface area contributed by atoms with E-state index < -0.39 is 10.5 Å². The van der Waals surface area contributed by atoms with E-state index in [0.29, 0.717) is 10.0 Å². The molecule has 0 aliphatic carbocycles. The molecule has 0 radical (unpaired) electrons. The van der Waals surface area contributed by atoms with Gasteiger partial charge >= 0.3 is 0 Å². The molecular formula is C14H9Cl3OS. The monoisotopic (exact) mass is 330 g/mol. The largest absolute Gasteiger partial charge is 0.280 e. The minimum atomic E-state index is -0.458. The van der Waals surface area contributed by atoms with E-state index in [-0.39, 0.29) is 0 Å². The van der Waals surface area contributed by atoms with Crippen molar-refractivity contribution in [2.45, 2.75) is 10.1 Å². The molecule has 0 amide bonds. The van der Waals surface area contributed by atoms with Crippen LogP contribution in [0.25, 0.3) is 0 Å². The van der Waals surface area contributed by atoms with E-state index in [2.05, 4.69) is 0 Å². The minimum absolute atomic E-state index is 0.415. The molecule has 2 aromatic carbocycles. The van der Waals surface area contributed by atoms with Gasteiger partial charge in [0.15, 0.2) is 0 Å². The molecule has 5 heteroatoms. The number of carbonyl (C=O) groups excluding carboxylic acids is 1. The summed E-state index contributed by atoms with van der Waals surface area (Å²) in [6, 6.07) is 14.6. The lowest BCUT2D eigenvalue weighted by molar-refractivity contribution is -0.111. The summed E-state index contributed by atoms with van der Waals surface area (Å²) in [6.45, 7) is 0. The summed E-state index contributed by atoms with van der Waals surface area (Å²) in [7, 11) is 0. The standard InChI is InChI=1S/C14H9Cl3OS/c15-11-7-6-10(8-12(11)16)19-13(14(17)18)9-4-2-1-3-5-9/h1-8,13H. The summed E-state index contributed by atoms with van der Waals surface area (Å²) in [5.74, 6) is 0. The fourth-order valence-electron chi connectivity index (χ4n) is 1.56. The minimum Gasteiger partial charge on any atom is -0.280 e. The van der Waals surface area contributed by atoms with Crippen LogP contribution in [0.5, 0.6) is 0 Å². The topological polar surface area (TPSA) is 17.1 Å². The fourth-order valence-corrected chi connectivity index (χ4v) is 3.17. The van der Waals surface area contributed by atoms with Crippen LogP contribution in [0.3, 0.4) is 0 Å². The van der Waals surface area contributed by atoms with Crippen molar-refractivity contribution in [2.24, 2.45) is 0 Å². The van der Waals surface area contributed by atoms with E-state index in [1.807, 2.05) is 36.4 Å². The summed E-state index contributed by atoms with van der Waals surface area (Å²) < 4.78 is 0. The second-order valence-electron chi connectivity index (χ2n) is 3.79. The van der Waals surface area contributed by atoms with Crippen LogP contribution in [0.2, 0.25) is 10.0 Å². The molecule has 0 heterocycles. The average Bonchev–Trinajstić information content (AvgIpc) is 2.40. The molecule has 1 nitrogen and oxygen atoms in total. The van der Waals surface area contributed by atoms with Gasteiger partial charge in [-0.25, -0.2) is 0 Å². The van der Waals surface area contributed by atoms with Crippen LogP contribution < -0.4 is 0 Å².